The predicted octanol–water partition coefficient (Wildman–Crippen LogP) is 3.72. The molecule has 0 spiro atoms. The summed E-state index contributed by atoms with van der Waals surface area (Å²) in [5.41, 5.74) is 0. The third-order valence-electron chi connectivity index (χ3n) is 3.02. The van der Waals surface area contributed by atoms with E-state index >= 15 is 0 Å². The number of rotatable bonds is 8. The number of likely N-dealkylation sites (N-methyl/N-ethyl adjacent to an activating group) is 1. The van der Waals surface area contributed by atoms with Crippen molar-refractivity contribution in [2.45, 2.75) is 39.3 Å². The molecular formula is C13H23BrN2S. The molecule has 17 heavy (non-hydrogen) atoms. The van der Waals surface area contributed by atoms with Gasteiger partial charge in [0.15, 0.2) is 0 Å². The average molecular weight is 319 g/mol. The highest BCUT2D eigenvalue weighted by atomic mass is 79.9. The second-order valence-electron chi connectivity index (χ2n) is 4.53. The van der Waals surface area contributed by atoms with Gasteiger partial charge in [0, 0.05) is 40.4 Å². The van der Waals surface area contributed by atoms with Crippen LogP contribution in [0.15, 0.2) is 15.9 Å². The highest BCUT2D eigenvalue weighted by Crippen LogP contribution is 2.19. The van der Waals surface area contributed by atoms with Crippen molar-refractivity contribution in [3.8, 4) is 0 Å². The summed E-state index contributed by atoms with van der Waals surface area (Å²) in [6.45, 7) is 7.71. The zero-order valence-electron chi connectivity index (χ0n) is 11.0. The fraction of sp³-hybridized carbons (Fsp3) is 0.692. The standard InChI is InChI=1S/C13H23BrN2S/c1-4-5-11(2)16(3)7-6-15-9-13-8-12(14)10-17-13/h8,10-11,15H,4-7,9H2,1-3H3. The van der Waals surface area contributed by atoms with Gasteiger partial charge in [-0.25, -0.2) is 0 Å². The van der Waals surface area contributed by atoms with Gasteiger partial charge in [-0.1, -0.05) is 13.3 Å². The van der Waals surface area contributed by atoms with Crippen LogP contribution in [0, 0.1) is 0 Å². The molecule has 0 aliphatic heterocycles. The summed E-state index contributed by atoms with van der Waals surface area (Å²) in [7, 11) is 2.21. The van der Waals surface area contributed by atoms with Crippen molar-refractivity contribution in [2.75, 3.05) is 20.1 Å². The molecule has 0 radical (unpaired) electrons. The first kappa shape index (κ1) is 15.2. The van der Waals surface area contributed by atoms with Crippen molar-refractivity contribution in [1.82, 2.24) is 10.2 Å². The minimum atomic E-state index is 0.692. The normalized spacial score (nSPS) is 13.2. The second-order valence-corrected chi connectivity index (χ2v) is 6.44. The van der Waals surface area contributed by atoms with Gasteiger partial charge in [0.25, 0.3) is 0 Å². The van der Waals surface area contributed by atoms with Crippen LogP contribution in [0.2, 0.25) is 0 Å². The first-order valence-corrected chi connectivity index (χ1v) is 7.94. The third kappa shape index (κ3) is 6.00. The first-order valence-electron chi connectivity index (χ1n) is 6.27. The smallest absolute Gasteiger partial charge is 0.0300 e. The predicted molar refractivity (Wildman–Crippen MR) is 80.7 cm³/mol. The molecule has 4 heteroatoms. The van der Waals surface area contributed by atoms with Crippen LogP contribution < -0.4 is 5.32 Å². The summed E-state index contributed by atoms with van der Waals surface area (Å²) in [6.07, 6.45) is 2.55. The number of thiophene rings is 1. The van der Waals surface area contributed by atoms with E-state index in [1.807, 2.05) is 0 Å². The van der Waals surface area contributed by atoms with Crippen LogP contribution in [0.1, 0.15) is 31.6 Å². The number of nitrogens with zero attached hydrogens (tertiary/aromatic N) is 1. The Balaban J connectivity index is 2.11. The topological polar surface area (TPSA) is 15.3 Å². The van der Waals surface area contributed by atoms with Gasteiger partial charge in [0.05, 0.1) is 0 Å². The molecule has 0 saturated heterocycles. The number of hydrogen-bond acceptors (Lipinski definition) is 3. The number of halogens is 1. The molecule has 2 nitrogen and oxygen atoms in total. The molecule has 1 heterocycles. The van der Waals surface area contributed by atoms with Crippen LogP contribution in [-0.2, 0) is 6.54 Å². The van der Waals surface area contributed by atoms with Gasteiger partial charge in [-0.3, -0.25) is 0 Å². The van der Waals surface area contributed by atoms with Crippen LogP contribution in [0.3, 0.4) is 0 Å². The maximum atomic E-state index is 3.49. The summed E-state index contributed by atoms with van der Waals surface area (Å²) in [5, 5.41) is 5.62. The quantitative estimate of drug-likeness (QED) is 0.735. The highest BCUT2D eigenvalue weighted by molar-refractivity contribution is 9.10. The third-order valence-corrected chi connectivity index (χ3v) is 4.72. The highest BCUT2D eigenvalue weighted by Gasteiger charge is 2.06. The van der Waals surface area contributed by atoms with Crippen molar-refractivity contribution in [1.29, 1.82) is 0 Å². The molecule has 1 aromatic heterocycles. The molecule has 1 aromatic rings. The van der Waals surface area contributed by atoms with E-state index < -0.39 is 0 Å². The maximum absolute atomic E-state index is 3.49. The molecule has 1 atom stereocenters. The summed E-state index contributed by atoms with van der Waals surface area (Å²) >= 11 is 5.27. The molecule has 0 aromatic carbocycles. The monoisotopic (exact) mass is 318 g/mol. The van der Waals surface area contributed by atoms with Crippen LogP contribution >= 0.6 is 27.3 Å². The molecule has 0 aliphatic carbocycles. The van der Waals surface area contributed by atoms with E-state index in [9.17, 15) is 0 Å². The van der Waals surface area contributed by atoms with Gasteiger partial charge in [0.2, 0.25) is 0 Å². The zero-order valence-corrected chi connectivity index (χ0v) is 13.4. The number of hydrogen-bond donors (Lipinski definition) is 1. The van der Waals surface area contributed by atoms with Crippen LogP contribution in [0.5, 0.6) is 0 Å². The van der Waals surface area contributed by atoms with Crippen molar-refractivity contribution in [3.63, 3.8) is 0 Å². The largest absolute Gasteiger partial charge is 0.311 e. The van der Waals surface area contributed by atoms with Crippen LogP contribution in [0.4, 0.5) is 0 Å². The van der Waals surface area contributed by atoms with Gasteiger partial charge in [-0.2, -0.15) is 0 Å². The lowest BCUT2D eigenvalue weighted by Crippen LogP contribution is -2.35. The Morgan fingerprint density at radius 1 is 1.53 bits per heavy atom. The van der Waals surface area contributed by atoms with Crippen molar-refractivity contribution < 1.29 is 0 Å². The lowest BCUT2D eigenvalue weighted by molar-refractivity contribution is 0.245. The molecule has 0 bridgehead atoms. The SMILES string of the molecule is CCCC(C)N(C)CCNCc1cc(Br)cs1. The van der Waals surface area contributed by atoms with E-state index in [1.54, 1.807) is 11.3 Å². The van der Waals surface area contributed by atoms with E-state index in [0.29, 0.717) is 6.04 Å². The van der Waals surface area contributed by atoms with Crippen LogP contribution in [-0.4, -0.2) is 31.1 Å². The lowest BCUT2D eigenvalue weighted by Gasteiger charge is -2.24. The van der Waals surface area contributed by atoms with E-state index in [4.69, 9.17) is 0 Å². The molecule has 0 aliphatic rings. The molecule has 98 valence electrons. The average Bonchev–Trinajstić information content (AvgIpc) is 2.70. The van der Waals surface area contributed by atoms with Crippen molar-refractivity contribution >= 4 is 27.3 Å². The summed E-state index contributed by atoms with van der Waals surface area (Å²) in [5.74, 6) is 0. The van der Waals surface area contributed by atoms with Crippen molar-refractivity contribution in [3.05, 3.63) is 20.8 Å². The maximum Gasteiger partial charge on any atom is 0.0300 e. The minimum Gasteiger partial charge on any atom is -0.311 e. The Bertz CT molecular complexity index is 314. The second kappa shape index (κ2) is 8.25. The van der Waals surface area contributed by atoms with E-state index in [-0.39, 0.29) is 0 Å². The number of nitrogens with one attached hydrogen (secondary N) is 1. The summed E-state index contributed by atoms with van der Waals surface area (Å²) < 4.78 is 1.19. The molecule has 0 saturated carbocycles. The Labute approximate surface area is 118 Å². The Morgan fingerprint density at radius 3 is 2.88 bits per heavy atom. The Morgan fingerprint density at radius 2 is 2.29 bits per heavy atom. The molecule has 0 amide bonds. The Hall–Kier alpha value is 0.1000. The van der Waals surface area contributed by atoms with E-state index in [1.165, 1.54) is 22.2 Å². The first-order chi connectivity index (χ1) is 8.13. The Kier molecular flexibility index (Phi) is 7.35. The van der Waals surface area contributed by atoms with Gasteiger partial charge in [0.1, 0.15) is 0 Å². The molecule has 1 rings (SSSR count). The lowest BCUT2D eigenvalue weighted by atomic mass is 10.2. The minimum absolute atomic E-state index is 0.692. The van der Waals surface area contributed by atoms with E-state index in [2.05, 4.69) is 58.5 Å². The van der Waals surface area contributed by atoms with Crippen LogP contribution in [0.25, 0.3) is 0 Å². The molecule has 1 N–H and O–H groups in total. The fourth-order valence-electron chi connectivity index (χ4n) is 1.77. The van der Waals surface area contributed by atoms with Gasteiger partial charge in [-0.05, 0) is 42.4 Å². The zero-order chi connectivity index (χ0) is 12.7. The molecule has 0 fully saturated rings. The van der Waals surface area contributed by atoms with Gasteiger partial charge < -0.3 is 10.2 Å². The summed E-state index contributed by atoms with van der Waals surface area (Å²) in [4.78, 5) is 3.82. The molecule has 1 unspecified atom stereocenters. The van der Waals surface area contributed by atoms with E-state index in [0.717, 1.165) is 19.6 Å². The summed E-state index contributed by atoms with van der Waals surface area (Å²) in [6, 6.07) is 2.87. The fourth-order valence-corrected chi connectivity index (χ4v) is 3.19. The van der Waals surface area contributed by atoms with Crippen molar-refractivity contribution in [2.24, 2.45) is 0 Å². The van der Waals surface area contributed by atoms with Gasteiger partial charge in [-0.15, -0.1) is 11.3 Å². The molecular weight excluding hydrogens is 296 g/mol. The van der Waals surface area contributed by atoms with Gasteiger partial charge >= 0.3 is 0 Å².